The second kappa shape index (κ2) is 5.20. The number of hydrogen-bond donors (Lipinski definition) is 1. The number of aromatic nitrogens is 1. The van der Waals surface area contributed by atoms with Crippen molar-refractivity contribution < 1.29 is 9.53 Å². The Morgan fingerprint density at radius 2 is 2.41 bits per heavy atom. The van der Waals surface area contributed by atoms with Gasteiger partial charge in [0.2, 0.25) is 0 Å². The number of nitrogens with zero attached hydrogens (tertiary/aromatic N) is 1. The zero-order chi connectivity index (χ0) is 12.3. The summed E-state index contributed by atoms with van der Waals surface area (Å²) in [5.41, 5.74) is 6.46. The Kier molecular flexibility index (Phi) is 3.65. The molecule has 0 aromatic carbocycles. The maximum Gasteiger partial charge on any atom is 0.340 e. The van der Waals surface area contributed by atoms with Crippen LogP contribution in [0, 0.1) is 0 Å². The first kappa shape index (κ1) is 11.9. The number of rotatable bonds is 3. The predicted octanol–water partition coefficient (Wildman–Crippen LogP) is 2.66. The second-order valence-electron chi connectivity index (χ2n) is 3.15. The van der Waals surface area contributed by atoms with Crippen molar-refractivity contribution in [1.29, 1.82) is 0 Å². The maximum absolute atomic E-state index is 11.6. The van der Waals surface area contributed by atoms with Gasteiger partial charge in [-0.2, -0.15) is 0 Å². The van der Waals surface area contributed by atoms with Gasteiger partial charge in [-0.05, 0) is 17.5 Å². The van der Waals surface area contributed by atoms with Gasteiger partial charge in [0.1, 0.15) is 5.03 Å². The second-order valence-corrected chi connectivity index (χ2v) is 5.38. The lowest BCUT2D eigenvalue weighted by molar-refractivity contribution is 0.0596. The van der Waals surface area contributed by atoms with E-state index in [1.165, 1.54) is 25.1 Å². The van der Waals surface area contributed by atoms with E-state index in [9.17, 15) is 4.79 Å². The molecule has 0 aliphatic rings. The minimum absolute atomic E-state index is 0.394. The summed E-state index contributed by atoms with van der Waals surface area (Å²) in [4.78, 5) is 15.8. The molecule has 0 aliphatic carbocycles. The van der Waals surface area contributed by atoms with Gasteiger partial charge in [0.05, 0.1) is 28.8 Å². The van der Waals surface area contributed by atoms with Crippen LogP contribution in [0.15, 0.2) is 39.0 Å². The van der Waals surface area contributed by atoms with Gasteiger partial charge < -0.3 is 10.5 Å². The normalized spacial score (nSPS) is 10.2. The van der Waals surface area contributed by atoms with Crippen LogP contribution in [0.2, 0.25) is 0 Å². The molecule has 2 rings (SSSR count). The van der Waals surface area contributed by atoms with Crippen molar-refractivity contribution in [3.63, 3.8) is 0 Å². The number of anilines is 1. The molecule has 2 heterocycles. The smallest absolute Gasteiger partial charge is 0.340 e. The molecule has 0 aliphatic heterocycles. The van der Waals surface area contributed by atoms with Crippen LogP contribution in [0.4, 0.5) is 5.69 Å². The van der Waals surface area contributed by atoms with Crippen LogP contribution in [-0.2, 0) is 4.74 Å². The summed E-state index contributed by atoms with van der Waals surface area (Å²) in [6, 6.07) is 5.49. The summed E-state index contributed by atoms with van der Waals surface area (Å²) in [5, 5.41) is 2.57. The highest BCUT2D eigenvalue weighted by Gasteiger charge is 2.15. The predicted molar refractivity (Wildman–Crippen MR) is 68.4 cm³/mol. The first-order valence-electron chi connectivity index (χ1n) is 4.76. The highest BCUT2D eigenvalue weighted by molar-refractivity contribution is 8.01. The highest BCUT2D eigenvalue weighted by atomic mass is 32.2. The average molecular weight is 266 g/mol. The largest absolute Gasteiger partial charge is 0.465 e. The van der Waals surface area contributed by atoms with E-state index in [1.54, 1.807) is 17.4 Å². The Balaban J connectivity index is 2.35. The Bertz CT molecular complexity index is 526. The van der Waals surface area contributed by atoms with Crippen LogP contribution >= 0.6 is 23.1 Å². The molecule has 0 bridgehead atoms. The summed E-state index contributed by atoms with van der Waals surface area (Å²) in [6.07, 6.45) is 1.53. The molecule has 6 heteroatoms. The minimum Gasteiger partial charge on any atom is -0.465 e. The van der Waals surface area contributed by atoms with E-state index in [4.69, 9.17) is 10.5 Å². The molecule has 2 aromatic rings. The molecule has 2 N–H and O–H groups in total. The zero-order valence-corrected chi connectivity index (χ0v) is 10.7. The lowest BCUT2D eigenvalue weighted by Gasteiger charge is -2.06. The monoisotopic (exact) mass is 266 g/mol. The summed E-state index contributed by atoms with van der Waals surface area (Å²) in [6.45, 7) is 0. The molecule has 88 valence electrons. The Morgan fingerprint density at radius 3 is 3.06 bits per heavy atom. The Labute approximate surface area is 107 Å². The average Bonchev–Trinajstić information content (AvgIpc) is 2.83. The molecule has 0 radical (unpaired) electrons. The number of carbonyl (C=O) groups is 1. The number of nitrogen functional groups attached to an aromatic ring is 1. The standard InChI is InChI=1S/C11H10N2O2S2/c1-15-11(14)8-5-7(12)6-13-10(8)17-9-3-2-4-16-9/h2-6H,12H2,1H3. The first-order valence-corrected chi connectivity index (χ1v) is 6.45. The number of pyridine rings is 1. The number of nitrogens with two attached hydrogens (primary N) is 1. The lowest BCUT2D eigenvalue weighted by Crippen LogP contribution is -2.05. The van der Waals surface area contributed by atoms with Gasteiger partial charge in [0.15, 0.2) is 0 Å². The van der Waals surface area contributed by atoms with Gasteiger partial charge in [-0.25, -0.2) is 9.78 Å². The minimum atomic E-state index is -0.427. The van der Waals surface area contributed by atoms with Crippen molar-refractivity contribution in [3.05, 3.63) is 35.3 Å². The number of esters is 1. The van der Waals surface area contributed by atoms with E-state index in [2.05, 4.69) is 4.98 Å². The van der Waals surface area contributed by atoms with E-state index in [0.717, 1.165) is 4.21 Å². The molecule has 17 heavy (non-hydrogen) atoms. The van der Waals surface area contributed by atoms with Crippen molar-refractivity contribution in [1.82, 2.24) is 4.98 Å². The molecule has 0 saturated heterocycles. The molecule has 4 nitrogen and oxygen atoms in total. The summed E-state index contributed by atoms with van der Waals surface area (Å²) in [7, 11) is 1.34. The van der Waals surface area contributed by atoms with Gasteiger partial charge >= 0.3 is 5.97 Å². The SMILES string of the molecule is COC(=O)c1cc(N)cnc1Sc1cccs1. The van der Waals surface area contributed by atoms with Crippen LogP contribution in [0.25, 0.3) is 0 Å². The van der Waals surface area contributed by atoms with Crippen LogP contribution in [0.3, 0.4) is 0 Å². The fourth-order valence-electron chi connectivity index (χ4n) is 1.22. The van der Waals surface area contributed by atoms with Crippen molar-refractivity contribution >= 4 is 34.8 Å². The summed E-state index contributed by atoms with van der Waals surface area (Å²) in [5.74, 6) is -0.427. The highest BCUT2D eigenvalue weighted by Crippen LogP contribution is 2.32. The van der Waals surface area contributed by atoms with Gasteiger partial charge in [-0.15, -0.1) is 11.3 Å². The van der Waals surface area contributed by atoms with E-state index < -0.39 is 5.97 Å². The van der Waals surface area contributed by atoms with Gasteiger partial charge in [0.25, 0.3) is 0 Å². The maximum atomic E-state index is 11.6. The van der Waals surface area contributed by atoms with Crippen molar-refractivity contribution in [2.75, 3.05) is 12.8 Å². The number of thiophene rings is 1. The molecule has 0 saturated carbocycles. The van der Waals surface area contributed by atoms with Crippen LogP contribution in [0.1, 0.15) is 10.4 Å². The van der Waals surface area contributed by atoms with E-state index in [0.29, 0.717) is 16.3 Å². The number of carbonyl (C=O) groups excluding carboxylic acids is 1. The van der Waals surface area contributed by atoms with E-state index in [1.807, 2.05) is 17.5 Å². The third-order valence-electron chi connectivity index (χ3n) is 1.97. The molecule has 0 unspecified atom stereocenters. The number of ether oxygens (including phenoxy) is 1. The fourth-order valence-corrected chi connectivity index (χ4v) is 2.96. The molecule has 0 atom stereocenters. The third-order valence-corrected chi connectivity index (χ3v) is 4.03. The van der Waals surface area contributed by atoms with Crippen molar-refractivity contribution in [2.24, 2.45) is 0 Å². The Hall–Kier alpha value is -1.53. The molecule has 2 aromatic heterocycles. The van der Waals surface area contributed by atoms with Crippen LogP contribution in [0.5, 0.6) is 0 Å². The van der Waals surface area contributed by atoms with E-state index in [-0.39, 0.29) is 0 Å². The molecular weight excluding hydrogens is 256 g/mol. The number of hydrogen-bond acceptors (Lipinski definition) is 6. The molecular formula is C11H10N2O2S2. The van der Waals surface area contributed by atoms with Gasteiger partial charge in [0, 0.05) is 0 Å². The zero-order valence-electron chi connectivity index (χ0n) is 9.04. The summed E-state index contributed by atoms with van der Waals surface area (Å²) >= 11 is 3.01. The third kappa shape index (κ3) is 2.78. The van der Waals surface area contributed by atoms with Crippen molar-refractivity contribution in [3.8, 4) is 0 Å². The molecule has 0 amide bonds. The van der Waals surface area contributed by atoms with Gasteiger partial charge in [-0.1, -0.05) is 17.8 Å². The van der Waals surface area contributed by atoms with Gasteiger partial charge in [-0.3, -0.25) is 0 Å². The quantitative estimate of drug-likeness (QED) is 0.865. The molecule has 0 fully saturated rings. The lowest BCUT2D eigenvalue weighted by atomic mass is 10.3. The first-order chi connectivity index (χ1) is 8.20. The summed E-state index contributed by atoms with van der Waals surface area (Å²) < 4.78 is 5.77. The topological polar surface area (TPSA) is 65.2 Å². The number of methoxy groups -OCH3 is 1. The fraction of sp³-hybridized carbons (Fsp3) is 0.0909. The van der Waals surface area contributed by atoms with Crippen LogP contribution in [-0.4, -0.2) is 18.1 Å². The van der Waals surface area contributed by atoms with E-state index >= 15 is 0 Å². The Morgan fingerprint density at radius 1 is 1.59 bits per heavy atom. The van der Waals surface area contributed by atoms with Crippen LogP contribution < -0.4 is 5.73 Å². The molecule has 0 spiro atoms. The van der Waals surface area contributed by atoms with Crippen molar-refractivity contribution in [2.45, 2.75) is 9.24 Å².